The Balaban J connectivity index is 2.21. The minimum Gasteiger partial charge on any atom is -0.493 e. The summed E-state index contributed by atoms with van der Waals surface area (Å²) in [7, 11) is 2.90. The van der Waals surface area contributed by atoms with Crippen molar-refractivity contribution in [3.8, 4) is 11.5 Å². The zero-order chi connectivity index (χ0) is 28.7. The number of nitrogen functional groups attached to an aromatic ring is 1. The van der Waals surface area contributed by atoms with Crippen LogP contribution in [0.15, 0.2) is 42.5 Å². The second-order valence-corrected chi connectivity index (χ2v) is 8.96. The molecule has 39 heavy (non-hydrogen) atoms. The normalized spacial score (nSPS) is 11.3. The van der Waals surface area contributed by atoms with Gasteiger partial charge in [0, 0.05) is 5.69 Å². The summed E-state index contributed by atoms with van der Waals surface area (Å²) < 4.78 is 19.6. The van der Waals surface area contributed by atoms with Crippen LogP contribution in [0.2, 0.25) is 0 Å². The van der Waals surface area contributed by atoms with Gasteiger partial charge in [-0.15, -0.1) is 0 Å². The molecule has 0 aliphatic carbocycles. The Morgan fingerprint density at radius 2 is 1.72 bits per heavy atom. The molecule has 0 saturated heterocycles. The van der Waals surface area contributed by atoms with Crippen molar-refractivity contribution in [1.29, 1.82) is 0 Å². The molecule has 5 N–H and O–H groups in total. The lowest BCUT2D eigenvalue weighted by Gasteiger charge is -2.31. The van der Waals surface area contributed by atoms with Crippen molar-refractivity contribution in [2.75, 3.05) is 38.0 Å². The molecule has 0 unspecified atom stereocenters. The van der Waals surface area contributed by atoms with Crippen molar-refractivity contribution < 1.29 is 33.4 Å². The molecule has 0 saturated carbocycles. The van der Waals surface area contributed by atoms with Gasteiger partial charge in [-0.3, -0.25) is 24.1 Å². The van der Waals surface area contributed by atoms with Gasteiger partial charge in [-0.05, 0) is 55.2 Å². The van der Waals surface area contributed by atoms with E-state index < -0.39 is 36.3 Å². The number of nitrogens with two attached hydrogens (primary N) is 2. The third kappa shape index (κ3) is 6.44. The monoisotopic (exact) mass is 555 g/mol. The van der Waals surface area contributed by atoms with Gasteiger partial charge < -0.3 is 31.0 Å². The molecule has 0 aliphatic rings. The Hall–Kier alpha value is -4.65. The molecule has 1 atom stereocenters. The van der Waals surface area contributed by atoms with Gasteiger partial charge in [0.05, 0.1) is 26.5 Å². The van der Waals surface area contributed by atoms with Crippen LogP contribution >= 0.6 is 11.5 Å². The number of nitrogens with zero attached hydrogens (tertiary/aromatic N) is 2. The van der Waals surface area contributed by atoms with E-state index in [9.17, 15) is 19.2 Å². The van der Waals surface area contributed by atoms with Crippen molar-refractivity contribution >= 4 is 46.6 Å². The zero-order valence-electron chi connectivity index (χ0n) is 21.8. The topological polar surface area (TPSA) is 176 Å². The first-order valence-electron chi connectivity index (χ1n) is 11.7. The van der Waals surface area contributed by atoms with Crippen LogP contribution in [0.3, 0.4) is 0 Å². The molecule has 1 aromatic heterocycles. The zero-order valence-corrected chi connectivity index (χ0v) is 22.7. The van der Waals surface area contributed by atoms with E-state index >= 15 is 0 Å². The lowest BCUT2D eigenvalue weighted by Crippen LogP contribution is -2.45. The summed E-state index contributed by atoms with van der Waals surface area (Å²) in [5.74, 6) is -2.24. The number of carbonyl (C=O) groups excluding carboxylic acids is 4. The predicted molar refractivity (Wildman–Crippen MR) is 145 cm³/mol. The van der Waals surface area contributed by atoms with E-state index in [1.165, 1.54) is 19.1 Å². The van der Waals surface area contributed by atoms with E-state index in [2.05, 4.69) is 9.69 Å². The summed E-state index contributed by atoms with van der Waals surface area (Å²) in [5.41, 5.74) is 12.6. The number of rotatable bonds is 11. The molecule has 0 bridgehead atoms. The first-order valence-corrected chi connectivity index (χ1v) is 12.5. The van der Waals surface area contributed by atoms with Crippen LogP contribution < -0.4 is 31.2 Å². The highest BCUT2D eigenvalue weighted by Gasteiger charge is 2.36. The van der Waals surface area contributed by atoms with Gasteiger partial charge in [-0.1, -0.05) is 23.8 Å². The maximum Gasteiger partial charge on any atom is 0.325 e. The Morgan fingerprint density at radius 1 is 1.05 bits per heavy atom. The van der Waals surface area contributed by atoms with E-state index in [4.69, 9.17) is 25.7 Å². The van der Waals surface area contributed by atoms with Crippen molar-refractivity contribution in [3.63, 3.8) is 0 Å². The van der Waals surface area contributed by atoms with Crippen LogP contribution in [0, 0.1) is 6.92 Å². The molecule has 2 aromatic carbocycles. The highest BCUT2D eigenvalue weighted by molar-refractivity contribution is 7.09. The molecule has 0 fully saturated rings. The van der Waals surface area contributed by atoms with Crippen LogP contribution in [0.5, 0.6) is 11.5 Å². The number of primary amides is 1. The number of amides is 3. The third-order valence-electron chi connectivity index (χ3n) is 5.63. The Kier molecular flexibility index (Phi) is 9.44. The van der Waals surface area contributed by atoms with Gasteiger partial charge in [0.15, 0.2) is 17.2 Å². The lowest BCUT2D eigenvalue weighted by molar-refractivity contribution is -0.143. The molecule has 3 amide bonds. The number of aromatic nitrogens is 1. The minimum atomic E-state index is -1.33. The Morgan fingerprint density at radius 3 is 2.28 bits per heavy atom. The van der Waals surface area contributed by atoms with E-state index in [-0.39, 0.29) is 22.9 Å². The smallest absolute Gasteiger partial charge is 0.325 e. The van der Waals surface area contributed by atoms with Gasteiger partial charge in [0.2, 0.25) is 5.91 Å². The summed E-state index contributed by atoms with van der Waals surface area (Å²) >= 11 is 0.684. The van der Waals surface area contributed by atoms with Crippen LogP contribution in [0.1, 0.15) is 44.3 Å². The number of methoxy groups -OCH3 is 2. The van der Waals surface area contributed by atoms with E-state index in [1.807, 2.05) is 6.92 Å². The Bertz CT molecular complexity index is 1370. The molecule has 0 radical (unpaired) electrons. The number of anilines is 2. The molecule has 13 heteroatoms. The van der Waals surface area contributed by atoms with Gasteiger partial charge in [0.1, 0.15) is 17.5 Å². The van der Waals surface area contributed by atoms with Crippen LogP contribution in [-0.2, 0) is 14.3 Å². The highest BCUT2D eigenvalue weighted by atomic mass is 32.1. The van der Waals surface area contributed by atoms with Gasteiger partial charge in [-0.2, -0.15) is 4.37 Å². The summed E-state index contributed by atoms with van der Waals surface area (Å²) in [6, 6.07) is 10.3. The molecular weight excluding hydrogens is 526 g/mol. The minimum absolute atomic E-state index is 0.0898. The SMILES string of the molecule is CCOC(=O)CNC(=O)[C@H](c1ccc(OC)c(OC)c1)N(C(=O)c1snc(C(N)=O)c1N)c1ccc(C)cc1. The highest BCUT2D eigenvalue weighted by Crippen LogP contribution is 2.36. The van der Waals surface area contributed by atoms with Gasteiger partial charge >= 0.3 is 5.97 Å². The van der Waals surface area contributed by atoms with Crippen molar-refractivity contribution in [2.45, 2.75) is 19.9 Å². The van der Waals surface area contributed by atoms with Gasteiger partial charge in [0.25, 0.3) is 11.8 Å². The number of ether oxygens (including phenoxy) is 3. The summed E-state index contributed by atoms with van der Waals surface area (Å²) in [4.78, 5) is 52.7. The molecule has 0 spiro atoms. The molecule has 206 valence electrons. The fourth-order valence-corrected chi connectivity index (χ4v) is 4.48. The number of esters is 1. The predicted octanol–water partition coefficient (Wildman–Crippen LogP) is 2.22. The second kappa shape index (κ2) is 12.7. The third-order valence-corrected chi connectivity index (χ3v) is 6.48. The molecule has 0 aliphatic heterocycles. The lowest BCUT2D eigenvalue weighted by atomic mass is 10.0. The van der Waals surface area contributed by atoms with E-state index in [1.54, 1.807) is 49.4 Å². The molecule has 1 heterocycles. The summed E-state index contributed by atoms with van der Waals surface area (Å²) in [5, 5.41) is 2.54. The average molecular weight is 556 g/mol. The average Bonchev–Trinajstić information content (AvgIpc) is 3.32. The number of benzene rings is 2. The maximum absolute atomic E-state index is 14.1. The second-order valence-electron chi connectivity index (χ2n) is 8.19. The molecule has 12 nitrogen and oxygen atoms in total. The van der Waals surface area contributed by atoms with Crippen LogP contribution in [0.4, 0.5) is 11.4 Å². The van der Waals surface area contributed by atoms with Gasteiger partial charge in [-0.25, -0.2) is 0 Å². The number of hydrogen-bond acceptors (Lipinski definition) is 10. The quantitative estimate of drug-likeness (QED) is 0.299. The Labute approximate surface area is 229 Å². The first-order chi connectivity index (χ1) is 18.6. The summed E-state index contributed by atoms with van der Waals surface area (Å²) in [6.07, 6.45) is 0. The molecule has 3 aromatic rings. The van der Waals surface area contributed by atoms with Crippen molar-refractivity contribution in [2.24, 2.45) is 5.73 Å². The maximum atomic E-state index is 14.1. The number of nitrogens with one attached hydrogen (secondary N) is 1. The standard InChI is InChI=1S/C26H29N5O7S/c1-5-38-19(32)13-29-25(34)22(15-8-11-17(36-3)18(12-15)37-4)31(16-9-6-14(2)7-10-16)26(35)23-20(27)21(24(28)33)30-39-23/h6-12,22H,5,13,27H2,1-4H3,(H2,28,33)(H,29,34)/t22-/m0/s1. The molecular formula is C26H29N5O7S. The van der Waals surface area contributed by atoms with E-state index in [0.717, 1.165) is 5.56 Å². The largest absolute Gasteiger partial charge is 0.493 e. The van der Waals surface area contributed by atoms with Crippen LogP contribution in [0.25, 0.3) is 0 Å². The summed E-state index contributed by atoms with van der Waals surface area (Å²) in [6.45, 7) is 3.22. The first kappa shape index (κ1) is 28.9. The number of carbonyl (C=O) groups is 4. The fourth-order valence-electron chi connectivity index (χ4n) is 3.74. The molecule has 3 rings (SSSR count). The fraction of sp³-hybridized carbons (Fsp3) is 0.269. The van der Waals surface area contributed by atoms with Crippen LogP contribution in [-0.4, -0.2) is 55.4 Å². The van der Waals surface area contributed by atoms with Crippen molar-refractivity contribution in [1.82, 2.24) is 9.69 Å². The number of aryl methyl sites for hydroxylation is 1. The van der Waals surface area contributed by atoms with E-state index in [0.29, 0.717) is 34.3 Å². The van der Waals surface area contributed by atoms with Crippen molar-refractivity contribution in [3.05, 3.63) is 64.2 Å². The number of hydrogen-bond donors (Lipinski definition) is 3.